The van der Waals surface area contributed by atoms with Crippen LogP contribution in [0.15, 0.2) is 41.3 Å². The molecule has 5 rings (SSSR count). The van der Waals surface area contributed by atoms with Crippen LogP contribution in [0.5, 0.6) is 5.75 Å². The van der Waals surface area contributed by atoms with Crippen LogP contribution in [0.2, 0.25) is 0 Å². The van der Waals surface area contributed by atoms with Crippen LogP contribution < -0.4 is 9.64 Å². The zero-order chi connectivity index (χ0) is 26.2. The van der Waals surface area contributed by atoms with Crippen LogP contribution in [0.3, 0.4) is 0 Å². The Hall–Kier alpha value is -2.67. The number of benzene rings is 2. The number of aromatic nitrogens is 1. The zero-order valence-electron chi connectivity index (χ0n) is 20.2. The van der Waals surface area contributed by atoms with Crippen molar-refractivity contribution in [2.45, 2.75) is 36.7 Å². The van der Waals surface area contributed by atoms with Gasteiger partial charge in [0.25, 0.3) is 0 Å². The van der Waals surface area contributed by atoms with Crippen LogP contribution in [0.25, 0.3) is 10.2 Å². The van der Waals surface area contributed by atoms with Gasteiger partial charge < -0.3 is 9.47 Å². The van der Waals surface area contributed by atoms with Gasteiger partial charge in [-0.05, 0) is 49.9 Å². The predicted molar refractivity (Wildman–Crippen MR) is 135 cm³/mol. The normalized spacial score (nSPS) is 19.4. The number of anilines is 1. The van der Waals surface area contributed by atoms with E-state index in [0.29, 0.717) is 30.1 Å². The number of hydrogen-bond donors (Lipinski definition) is 0. The first-order chi connectivity index (χ1) is 17.8. The fourth-order valence-corrected chi connectivity index (χ4v) is 7.25. The molecule has 12 heteroatoms. The number of piperidine rings is 1. The molecule has 2 aliphatic rings. The van der Waals surface area contributed by atoms with Gasteiger partial charge in [-0.15, -0.1) is 0 Å². The predicted octanol–water partition coefficient (Wildman–Crippen LogP) is 4.20. The highest BCUT2D eigenvalue weighted by Crippen LogP contribution is 2.34. The Morgan fingerprint density at radius 2 is 1.97 bits per heavy atom. The summed E-state index contributed by atoms with van der Waals surface area (Å²) in [6, 6.07) is 7.98. The van der Waals surface area contributed by atoms with Gasteiger partial charge >= 0.3 is 0 Å². The van der Waals surface area contributed by atoms with Crippen LogP contribution in [0.1, 0.15) is 25.7 Å². The third-order valence-electron chi connectivity index (χ3n) is 6.81. The molecule has 0 N–H and O–H groups in total. The van der Waals surface area contributed by atoms with Crippen molar-refractivity contribution >= 4 is 42.6 Å². The summed E-state index contributed by atoms with van der Waals surface area (Å²) in [7, 11) is -2.57. The lowest BCUT2D eigenvalue weighted by atomic mass is 9.96. The van der Waals surface area contributed by atoms with E-state index in [1.807, 2.05) is 18.2 Å². The molecule has 0 aliphatic carbocycles. The summed E-state index contributed by atoms with van der Waals surface area (Å²) in [5.41, 5.74) is 0.728. The summed E-state index contributed by atoms with van der Waals surface area (Å²) < 4.78 is 66.6. The quantitative estimate of drug-likeness (QED) is 0.438. The number of halogens is 2. The van der Waals surface area contributed by atoms with E-state index >= 15 is 0 Å². The highest BCUT2D eigenvalue weighted by Gasteiger charge is 2.37. The van der Waals surface area contributed by atoms with Crippen molar-refractivity contribution in [2.24, 2.45) is 5.92 Å². The largest absolute Gasteiger partial charge is 0.497 e. The molecule has 3 aromatic rings. The third-order valence-corrected chi connectivity index (χ3v) is 9.80. The van der Waals surface area contributed by atoms with E-state index in [-0.39, 0.29) is 37.9 Å². The lowest BCUT2D eigenvalue weighted by Crippen LogP contribution is -2.46. The first-order valence-corrected chi connectivity index (χ1v) is 14.3. The summed E-state index contributed by atoms with van der Waals surface area (Å²) in [4.78, 5) is 19.5. The molecule has 198 valence electrons. The van der Waals surface area contributed by atoms with Gasteiger partial charge in [0.05, 0.1) is 30.0 Å². The van der Waals surface area contributed by atoms with Crippen LogP contribution >= 0.6 is 11.3 Å². The third kappa shape index (κ3) is 5.33. The average Bonchev–Trinajstić information content (AvgIpc) is 3.56. The Morgan fingerprint density at radius 3 is 2.65 bits per heavy atom. The number of rotatable bonds is 7. The Labute approximate surface area is 217 Å². The van der Waals surface area contributed by atoms with E-state index in [2.05, 4.69) is 0 Å². The number of ether oxygens (including phenoxy) is 2. The molecule has 37 heavy (non-hydrogen) atoms. The highest BCUT2D eigenvalue weighted by molar-refractivity contribution is 7.89. The summed E-state index contributed by atoms with van der Waals surface area (Å²) >= 11 is 1.41. The van der Waals surface area contributed by atoms with E-state index in [0.717, 1.165) is 39.5 Å². The van der Waals surface area contributed by atoms with Gasteiger partial charge in [-0.3, -0.25) is 9.69 Å². The average molecular weight is 552 g/mol. The smallest absolute Gasteiger partial charge is 0.245 e. The van der Waals surface area contributed by atoms with Crippen LogP contribution in [0, 0.1) is 17.6 Å². The molecule has 1 atom stereocenters. The Morgan fingerprint density at radius 1 is 1.19 bits per heavy atom. The minimum Gasteiger partial charge on any atom is -0.497 e. The highest BCUT2D eigenvalue weighted by atomic mass is 32.2. The first kappa shape index (κ1) is 26.0. The van der Waals surface area contributed by atoms with Gasteiger partial charge in [0.2, 0.25) is 15.9 Å². The van der Waals surface area contributed by atoms with Crippen LogP contribution in [-0.4, -0.2) is 63.1 Å². The van der Waals surface area contributed by atoms with E-state index in [9.17, 15) is 22.0 Å². The standard InChI is InChI=1S/C25H27F2N3O5S2/c1-34-18-5-6-22-21(14-18)28-25(36-22)30(15-19-3-2-12-35-19)24(31)16-8-10-29(11-9-16)37(32,33)23-7-4-17(26)13-20(23)27/h4-7,13-14,16,19H,2-3,8-12,15H2,1H3. The van der Waals surface area contributed by atoms with Gasteiger partial charge in [0, 0.05) is 37.7 Å². The minimum absolute atomic E-state index is 0.0559. The molecule has 1 unspecified atom stereocenters. The Kier molecular flexibility index (Phi) is 7.44. The summed E-state index contributed by atoms with van der Waals surface area (Å²) in [5, 5.41) is 0.562. The van der Waals surface area contributed by atoms with Crippen molar-refractivity contribution in [2.75, 3.05) is 38.3 Å². The lowest BCUT2D eigenvalue weighted by Gasteiger charge is -2.33. The van der Waals surface area contributed by atoms with Crippen molar-refractivity contribution in [3.8, 4) is 5.75 Å². The first-order valence-electron chi connectivity index (χ1n) is 12.1. The molecule has 0 bridgehead atoms. The van der Waals surface area contributed by atoms with Crippen molar-refractivity contribution in [1.29, 1.82) is 0 Å². The topological polar surface area (TPSA) is 89.0 Å². The number of sulfonamides is 1. The molecule has 1 aromatic heterocycles. The second kappa shape index (κ2) is 10.6. The molecule has 2 aromatic carbocycles. The second-order valence-corrected chi connectivity index (χ2v) is 12.1. The van der Waals surface area contributed by atoms with Crippen molar-refractivity contribution in [3.05, 3.63) is 48.0 Å². The SMILES string of the molecule is COc1ccc2sc(N(CC3CCCO3)C(=O)C3CCN(S(=O)(=O)c4ccc(F)cc4F)CC3)nc2c1. The number of thiazole rings is 1. The maximum atomic E-state index is 14.2. The van der Waals surface area contributed by atoms with Crippen molar-refractivity contribution < 1.29 is 31.5 Å². The van der Waals surface area contributed by atoms with E-state index in [4.69, 9.17) is 14.5 Å². The number of carbonyl (C=O) groups excluding carboxylic acids is 1. The van der Waals surface area contributed by atoms with Gasteiger partial charge in [-0.1, -0.05) is 11.3 Å². The lowest BCUT2D eigenvalue weighted by molar-refractivity contribution is -0.123. The fraction of sp³-hybridized carbons (Fsp3) is 0.440. The summed E-state index contributed by atoms with van der Waals surface area (Å²) in [5.74, 6) is -1.86. The van der Waals surface area contributed by atoms with Gasteiger partial charge in [0.15, 0.2) is 5.13 Å². The zero-order valence-corrected chi connectivity index (χ0v) is 21.9. The molecule has 0 spiro atoms. The molecule has 0 radical (unpaired) electrons. The fourth-order valence-electron chi connectivity index (χ4n) is 4.78. The van der Waals surface area contributed by atoms with Gasteiger partial charge in [-0.25, -0.2) is 22.2 Å². The van der Waals surface area contributed by atoms with E-state index < -0.39 is 32.5 Å². The number of carbonyl (C=O) groups is 1. The maximum absolute atomic E-state index is 14.2. The van der Waals surface area contributed by atoms with Crippen molar-refractivity contribution in [1.82, 2.24) is 9.29 Å². The molecule has 8 nitrogen and oxygen atoms in total. The monoisotopic (exact) mass is 551 g/mol. The van der Waals surface area contributed by atoms with Gasteiger partial charge in [-0.2, -0.15) is 4.31 Å². The molecule has 3 heterocycles. The summed E-state index contributed by atoms with van der Waals surface area (Å²) in [6.45, 7) is 1.13. The second-order valence-electron chi connectivity index (χ2n) is 9.17. The Bertz CT molecular complexity index is 1400. The van der Waals surface area contributed by atoms with Gasteiger partial charge in [0.1, 0.15) is 22.3 Å². The van der Waals surface area contributed by atoms with Crippen LogP contribution in [-0.2, 0) is 19.6 Å². The molecular weight excluding hydrogens is 524 g/mol. The summed E-state index contributed by atoms with van der Waals surface area (Å²) in [6.07, 6.45) is 2.25. The molecule has 1 amide bonds. The molecule has 2 fully saturated rings. The minimum atomic E-state index is -4.15. The maximum Gasteiger partial charge on any atom is 0.245 e. The molecule has 2 aliphatic heterocycles. The number of hydrogen-bond acceptors (Lipinski definition) is 7. The van der Waals surface area contributed by atoms with E-state index in [1.165, 1.54) is 11.3 Å². The molecule has 2 saturated heterocycles. The molecule has 0 saturated carbocycles. The molecular formula is C25H27F2N3O5S2. The number of methoxy groups -OCH3 is 1. The van der Waals surface area contributed by atoms with E-state index in [1.54, 1.807) is 12.0 Å². The van der Waals surface area contributed by atoms with Crippen molar-refractivity contribution in [3.63, 3.8) is 0 Å². The number of amides is 1. The van der Waals surface area contributed by atoms with Crippen LogP contribution in [0.4, 0.5) is 13.9 Å². The number of fused-ring (bicyclic) bond motifs is 1. The Balaban J connectivity index is 1.34. The number of nitrogens with zero attached hydrogens (tertiary/aromatic N) is 3.